The van der Waals surface area contributed by atoms with Gasteiger partial charge in [-0.2, -0.15) is 0 Å². The third kappa shape index (κ3) is 4.69. The topological polar surface area (TPSA) is 115 Å². The van der Waals surface area contributed by atoms with Crippen molar-refractivity contribution in [3.63, 3.8) is 0 Å². The first kappa shape index (κ1) is 14.7. The lowest BCUT2D eigenvalue weighted by Gasteiger charge is -2.04. The van der Waals surface area contributed by atoms with Crippen molar-refractivity contribution >= 4 is 17.5 Å². The van der Waals surface area contributed by atoms with Crippen LogP contribution in [-0.4, -0.2) is 33.4 Å². The van der Waals surface area contributed by atoms with Crippen molar-refractivity contribution in [2.45, 2.75) is 13.1 Å². The van der Waals surface area contributed by atoms with Crippen molar-refractivity contribution in [2.24, 2.45) is 5.73 Å². The first-order valence-corrected chi connectivity index (χ1v) is 6.38. The Morgan fingerprint density at radius 2 is 1.95 bits per heavy atom. The molecular formula is C13H16N6O2. The summed E-state index contributed by atoms with van der Waals surface area (Å²) in [6.07, 6.45) is 1.60. The number of carbonyl (C=O) groups excluding carboxylic acids is 2. The Kier molecular flexibility index (Phi) is 4.99. The molecular weight excluding hydrogens is 272 g/mol. The van der Waals surface area contributed by atoms with Crippen LogP contribution < -0.4 is 16.4 Å². The first-order chi connectivity index (χ1) is 10.2. The number of nitrogens with two attached hydrogens (primary N) is 1. The molecule has 0 spiro atoms. The standard InChI is InChI=1S/C13H16N6O2/c14-6-12(20)15-7-11-8-19(18-17-11)9-13(21)16-10-4-2-1-3-5-10/h1-5,8H,6-7,9,14H2,(H,15,20)(H,16,21). The number of para-hydroxylation sites is 1. The van der Waals surface area contributed by atoms with Gasteiger partial charge in [-0.3, -0.25) is 9.59 Å². The van der Waals surface area contributed by atoms with Crippen LogP contribution in [0.15, 0.2) is 36.5 Å². The fraction of sp³-hybridized carbons (Fsp3) is 0.231. The molecule has 0 atom stereocenters. The lowest BCUT2D eigenvalue weighted by atomic mass is 10.3. The van der Waals surface area contributed by atoms with Gasteiger partial charge in [0.05, 0.1) is 19.3 Å². The number of hydrogen-bond acceptors (Lipinski definition) is 5. The van der Waals surface area contributed by atoms with Crippen LogP contribution in [0.25, 0.3) is 0 Å². The monoisotopic (exact) mass is 288 g/mol. The van der Waals surface area contributed by atoms with Gasteiger partial charge in [-0.05, 0) is 12.1 Å². The quantitative estimate of drug-likeness (QED) is 0.662. The van der Waals surface area contributed by atoms with Crippen LogP contribution in [0.4, 0.5) is 5.69 Å². The fourth-order valence-electron chi connectivity index (χ4n) is 1.63. The van der Waals surface area contributed by atoms with Gasteiger partial charge in [-0.15, -0.1) is 5.10 Å². The van der Waals surface area contributed by atoms with E-state index in [1.165, 1.54) is 4.68 Å². The molecule has 2 rings (SSSR count). The summed E-state index contributed by atoms with van der Waals surface area (Å²) >= 11 is 0. The minimum Gasteiger partial charge on any atom is -0.349 e. The summed E-state index contributed by atoms with van der Waals surface area (Å²) in [5.41, 5.74) is 6.45. The second kappa shape index (κ2) is 7.15. The molecule has 1 aromatic carbocycles. The molecule has 8 nitrogen and oxygen atoms in total. The lowest BCUT2D eigenvalue weighted by molar-refractivity contribution is -0.120. The van der Waals surface area contributed by atoms with Crippen LogP contribution in [-0.2, 0) is 22.7 Å². The predicted molar refractivity (Wildman–Crippen MR) is 76.0 cm³/mol. The summed E-state index contributed by atoms with van der Waals surface area (Å²) in [5, 5.41) is 13.0. The highest BCUT2D eigenvalue weighted by atomic mass is 16.2. The maximum Gasteiger partial charge on any atom is 0.246 e. The zero-order valence-corrected chi connectivity index (χ0v) is 11.3. The van der Waals surface area contributed by atoms with Crippen molar-refractivity contribution < 1.29 is 9.59 Å². The van der Waals surface area contributed by atoms with Crippen LogP contribution in [0.2, 0.25) is 0 Å². The van der Waals surface area contributed by atoms with Gasteiger partial charge in [0.25, 0.3) is 0 Å². The number of amides is 2. The van der Waals surface area contributed by atoms with Crippen molar-refractivity contribution in [3.05, 3.63) is 42.2 Å². The number of aromatic nitrogens is 3. The molecule has 2 amide bonds. The second-order valence-corrected chi connectivity index (χ2v) is 4.30. The zero-order valence-electron chi connectivity index (χ0n) is 11.3. The molecule has 0 aliphatic rings. The van der Waals surface area contributed by atoms with Crippen molar-refractivity contribution in [3.8, 4) is 0 Å². The van der Waals surface area contributed by atoms with Crippen LogP contribution in [0.3, 0.4) is 0 Å². The zero-order chi connectivity index (χ0) is 15.1. The summed E-state index contributed by atoms with van der Waals surface area (Å²) in [6, 6.07) is 9.14. The van der Waals surface area contributed by atoms with Gasteiger partial charge >= 0.3 is 0 Å². The van der Waals surface area contributed by atoms with E-state index in [-0.39, 0.29) is 31.4 Å². The molecule has 0 fully saturated rings. The van der Waals surface area contributed by atoms with E-state index in [1.807, 2.05) is 18.2 Å². The Morgan fingerprint density at radius 3 is 2.67 bits per heavy atom. The van der Waals surface area contributed by atoms with Gasteiger partial charge in [-0.25, -0.2) is 4.68 Å². The maximum absolute atomic E-state index is 11.8. The van der Waals surface area contributed by atoms with E-state index in [0.29, 0.717) is 5.69 Å². The molecule has 8 heteroatoms. The Labute approximate surface area is 121 Å². The third-order valence-corrected chi connectivity index (χ3v) is 2.60. The van der Waals surface area contributed by atoms with Gasteiger partial charge < -0.3 is 16.4 Å². The highest BCUT2D eigenvalue weighted by Crippen LogP contribution is 2.04. The van der Waals surface area contributed by atoms with E-state index in [2.05, 4.69) is 20.9 Å². The molecule has 110 valence electrons. The molecule has 0 radical (unpaired) electrons. The smallest absolute Gasteiger partial charge is 0.246 e. The largest absolute Gasteiger partial charge is 0.349 e. The van der Waals surface area contributed by atoms with Gasteiger partial charge in [0, 0.05) is 5.69 Å². The Morgan fingerprint density at radius 1 is 1.19 bits per heavy atom. The van der Waals surface area contributed by atoms with Gasteiger partial charge in [0.2, 0.25) is 11.8 Å². The normalized spacial score (nSPS) is 10.1. The van der Waals surface area contributed by atoms with Crippen molar-refractivity contribution in [1.29, 1.82) is 0 Å². The Balaban J connectivity index is 1.84. The molecule has 0 aliphatic carbocycles. The van der Waals surface area contributed by atoms with E-state index in [9.17, 15) is 9.59 Å². The summed E-state index contributed by atoms with van der Waals surface area (Å²) in [4.78, 5) is 22.8. The van der Waals surface area contributed by atoms with Crippen molar-refractivity contribution in [2.75, 3.05) is 11.9 Å². The number of carbonyl (C=O) groups is 2. The maximum atomic E-state index is 11.8. The van der Waals surface area contributed by atoms with E-state index < -0.39 is 0 Å². The van der Waals surface area contributed by atoms with Gasteiger partial charge in [-0.1, -0.05) is 23.4 Å². The van der Waals surface area contributed by atoms with Crippen LogP contribution in [0, 0.1) is 0 Å². The summed E-state index contributed by atoms with van der Waals surface area (Å²) in [5.74, 6) is -0.477. The summed E-state index contributed by atoms with van der Waals surface area (Å²) in [7, 11) is 0. The highest BCUT2D eigenvalue weighted by Gasteiger charge is 2.07. The molecule has 0 bridgehead atoms. The highest BCUT2D eigenvalue weighted by molar-refractivity contribution is 5.90. The van der Waals surface area contributed by atoms with Crippen molar-refractivity contribution in [1.82, 2.24) is 20.3 Å². The molecule has 4 N–H and O–H groups in total. The molecule has 0 saturated carbocycles. The van der Waals surface area contributed by atoms with Crippen LogP contribution in [0.1, 0.15) is 5.69 Å². The molecule has 1 aromatic heterocycles. The summed E-state index contributed by atoms with van der Waals surface area (Å²) < 4.78 is 1.40. The first-order valence-electron chi connectivity index (χ1n) is 6.38. The van der Waals surface area contributed by atoms with Crippen LogP contribution in [0.5, 0.6) is 0 Å². The van der Waals surface area contributed by atoms with E-state index in [0.717, 1.165) is 5.69 Å². The van der Waals surface area contributed by atoms with E-state index >= 15 is 0 Å². The number of nitrogens with one attached hydrogen (secondary N) is 2. The Hall–Kier alpha value is -2.74. The number of anilines is 1. The molecule has 2 aromatic rings. The minimum atomic E-state index is -0.272. The van der Waals surface area contributed by atoms with E-state index in [1.54, 1.807) is 18.3 Å². The molecule has 21 heavy (non-hydrogen) atoms. The molecule has 0 aliphatic heterocycles. The number of hydrogen-bond donors (Lipinski definition) is 3. The second-order valence-electron chi connectivity index (χ2n) is 4.30. The SMILES string of the molecule is NCC(=O)NCc1cn(CC(=O)Nc2ccccc2)nn1. The average molecular weight is 288 g/mol. The van der Waals surface area contributed by atoms with Crippen LogP contribution >= 0.6 is 0 Å². The summed E-state index contributed by atoms with van der Waals surface area (Å²) in [6.45, 7) is 0.205. The minimum absolute atomic E-state index is 0.0483. The number of rotatable bonds is 6. The fourth-order valence-corrected chi connectivity index (χ4v) is 1.63. The molecule has 0 unspecified atom stereocenters. The van der Waals surface area contributed by atoms with Gasteiger partial charge in [0.15, 0.2) is 0 Å². The molecule has 1 heterocycles. The predicted octanol–water partition coefficient (Wildman–Crippen LogP) is -0.508. The lowest BCUT2D eigenvalue weighted by Crippen LogP contribution is -2.29. The van der Waals surface area contributed by atoms with E-state index in [4.69, 9.17) is 5.73 Å². The third-order valence-electron chi connectivity index (χ3n) is 2.60. The number of nitrogens with zero attached hydrogens (tertiary/aromatic N) is 3. The average Bonchev–Trinajstić information content (AvgIpc) is 2.93. The van der Waals surface area contributed by atoms with Gasteiger partial charge in [0.1, 0.15) is 12.2 Å². The Bertz CT molecular complexity index is 610. The molecule has 0 saturated heterocycles. The number of benzene rings is 1.